The number of aromatic amines is 1. The van der Waals surface area contributed by atoms with Crippen molar-refractivity contribution in [3.05, 3.63) is 17.5 Å². The lowest BCUT2D eigenvalue weighted by Gasteiger charge is -2.24. The van der Waals surface area contributed by atoms with Gasteiger partial charge in [-0.3, -0.25) is 5.10 Å². The van der Waals surface area contributed by atoms with Gasteiger partial charge in [0.15, 0.2) is 0 Å². The summed E-state index contributed by atoms with van der Waals surface area (Å²) in [7, 11) is 1.39. The number of carbonyl (C=O) groups excluding carboxylic acids is 1. The minimum atomic E-state index is -0.278. The van der Waals surface area contributed by atoms with Crippen LogP contribution in [0.2, 0.25) is 0 Å². The number of hydrogen-bond donors (Lipinski definition) is 1. The van der Waals surface area contributed by atoms with E-state index >= 15 is 0 Å². The summed E-state index contributed by atoms with van der Waals surface area (Å²) in [6.45, 7) is 1.28. The Bertz CT molecular complexity index is 321. The van der Waals surface area contributed by atoms with Crippen LogP contribution < -0.4 is 0 Å². The lowest BCUT2D eigenvalue weighted by atomic mass is 10.1. The normalized spacial score (nSPS) is 15.3. The zero-order valence-electron chi connectivity index (χ0n) is 7.41. The third kappa shape index (κ3) is 1.37. The molecule has 0 atom stereocenters. The molecule has 1 amide bonds. The van der Waals surface area contributed by atoms with E-state index in [1.54, 1.807) is 4.90 Å². The molecule has 0 unspecified atom stereocenters. The first kappa shape index (κ1) is 8.10. The predicted octanol–water partition coefficient (Wildman–Crippen LogP) is 0.534. The quantitative estimate of drug-likeness (QED) is 0.635. The van der Waals surface area contributed by atoms with Crippen LogP contribution in [-0.2, 0) is 17.7 Å². The molecule has 0 fully saturated rings. The highest BCUT2D eigenvalue weighted by Crippen LogP contribution is 2.15. The van der Waals surface area contributed by atoms with Gasteiger partial charge >= 0.3 is 6.09 Å². The van der Waals surface area contributed by atoms with Gasteiger partial charge in [0.05, 0.1) is 25.5 Å². The summed E-state index contributed by atoms with van der Waals surface area (Å²) >= 11 is 0. The second-order valence-corrected chi connectivity index (χ2v) is 3.02. The van der Waals surface area contributed by atoms with E-state index in [4.69, 9.17) is 0 Å². The van der Waals surface area contributed by atoms with Crippen LogP contribution in [0, 0.1) is 0 Å². The molecule has 0 aromatic carbocycles. The summed E-state index contributed by atoms with van der Waals surface area (Å²) < 4.78 is 4.63. The molecule has 2 heterocycles. The number of carbonyl (C=O) groups is 1. The Hall–Kier alpha value is -1.52. The Labute approximate surface area is 75.7 Å². The van der Waals surface area contributed by atoms with Gasteiger partial charge in [-0.05, 0) is 12.0 Å². The maximum atomic E-state index is 11.2. The van der Waals surface area contributed by atoms with E-state index < -0.39 is 0 Å². The standard InChI is InChI=1S/C8H11N3O2/c1-13-8(12)11-3-2-6-4-9-10-7(6)5-11/h4H,2-3,5H2,1H3,(H,9,10). The van der Waals surface area contributed by atoms with Crippen molar-refractivity contribution in [2.45, 2.75) is 13.0 Å². The summed E-state index contributed by atoms with van der Waals surface area (Å²) in [4.78, 5) is 12.8. The maximum absolute atomic E-state index is 11.2. The predicted molar refractivity (Wildman–Crippen MR) is 45.1 cm³/mol. The van der Waals surface area contributed by atoms with Crippen LogP contribution >= 0.6 is 0 Å². The van der Waals surface area contributed by atoms with Crippen molar-refractivity contribution in [2.24, 2.45) is 0 Å². The summed E-state index contributed by atoms with van der Waals surface area (Å²) in [5, 5.41) is 6.79. The van der Waals surface area contributed by atoms with Crippen molar-refractivity contribution in [1.82, 2.24) is 15.1 Å². The maximum Gasteiger partial charge on any atom is 0.409 e. The van der Waals surface area contributed by atoms with E-state index in [2.05, 4.69) is 14.9 Å². The van der Waals surface area contributed by atoms with Crippen LogP contribution in [0.3, 0.4) is 0 Å². The molecule has 1 aromatic heterocycles. The third-order valence-electron chi connectivity index (χ3n) is 2.24. The molecule has 0 radical (unpaired) electrons. The molecular weight excluding hydrogens is 170 g/mol. The van der Waals surface area contributed by atoms with Crippen LogP contribution in [0.5, 0.6) is 0 Å². The van der Waals surface area contributed by atoms with Gasteiger partial charge in [0.1, 0.15) is 0 Å². The lowest BCUT2D eigenvalue weighted by Crippen LogP contribution is -2.35. The number of rotatable bonds is 0. The fraction of sp³-hybridized carbons (Fsp3) is 0.500. The minimum absolute atomic E-state index is 0.278. The van der Waals surface area contributed by atoms with E-state index in [1.165, 1.54) is 12.7 Å². The average molecular weight is 181 g/mol. The molecule has 5 nitrogen and oxygen atoms in total. The van der Waals surface area contributed by atoms with Gasteiger partial charge in [0.2, 0.25) is 0 Å². The van der Waals surface area contributed by atoms with E-state index in [1.807, 2.05) is 6.20 Å². The number of hydrogen-bond acceptors (Lipinski definition) is 3. The Morgan fingerprint density at radius 3 is 3.38 bits per heavy atom. The number of H-pyrrole nitrogens is 1. The highest BCUT2D eigenvalue weighted by atomic mass is 16.5. The van der Waals surface area contributed by atoms with Crippen LogP contribution in [-0.4, -0.2) is 34.8 Å². The number of methoxy groups -OCH3 is 1. The first-order chi connectivity index (χ1) is 6.31. The molecular formula is C8H11N3O2. The Morgan fingerprint density at radius 1 is 1.77 bits per heavy atom. The molecule has 13 heavy (non-hydrogen) atoms. The number of ether oxygens (including phenoxy) is 1. The lowest BCUT2D eigenvalue weighted by molar-refractivity contribution is 0.118. The molecule has 0 saturated heterocycles. The van der Waals surface area contributed by atoms with Crippen molar-refractivity contribution >= 4 is 6.09 Å². The average Bonchev–Trinajstić information content (AvgIpc) is 2.63. The topological polar surface area (TPSA) is 58.2 Å². The molecule has 1 aromatic rings. The van der Waals surface area contributed by atoms with Gasteiger partial charge in [0.25, 0.3) is 0 Å². The summed E-state index contributed by atoms with van der Waals surface area (Å²) in [6.07, 6.45) is 2.38. The van der Waals surface area contributed by atoms with Gasteiger partial charge in [-0.25, -0.2) is 4.79 Å². The van der Waals surface area contributed by atoms with E-state index in [-0.39, 0.29) is 6.09 Å². The molecule has 1 aliphatic heterocycles. The van der Waals surface area contributed by atoms with Crippen molar-refractivity contribution in [1.29, 1.82) is 0 Å². The number of amides is 1. The second kappa shape index (κ2) is 3.08. The van der Waals surface area contributed by atoms with Crippen LogP contribution in [0.1, 0.15) is 11.3 Å². The summed E-state index contributed by atoms with van der Waals surface area (Å²) in [5.74, 6) is 0. The van der Waals surface area contributed by atoms with E-state index in [0.717, 1.165) is 12.1 Å². The third-order valence-corrected chi connectivity index (χ3v) is 2.24. The molecule has 0 bridgehead atoms. The van der Waals surface area contributed by atoms with Gasteiger partial charge < -0.3 is 9.64 Å². The summed E-state index contributed by atoms with van der Waals surface area (Å²) in [5.41, 5.74) is 2.21. The van der Waals surface area contributed by atoms with Gasteiger partial charge in [-0.1, -0.05) is 0 Å². The zero-order chi connectivity index (χ0) is 9.26. The molecule has 5 heteroatoms. The molecule has 2 rings (SSSR count). The van der Waals surface area contributed by atoms with Crippen molar-refractivity contribution in [3.8, 4) is 0 Å². The number of aromatic nitrogens is 2. The second-order valence-electron chi connectivity index (χ2n) is 3.02. The van der Waals surface area contributed by atoms with Gasteiger partial charge in [-0.2, -0.15) is 5.10 Å². The fourth-order valence-electron chi connectivity index (χ4n) is 1.50. The van der Waals surface area contributed by atoms with E-state index in [0.29, 0.717) is 13.1 Å². The number of nitrogens with zero attached hydrogens (tertiary/aromatic N) is 2. The van der Waals surface area contributed by atoms with Crippen molar-refractivity contribution in [3.63, 3.8) is 0 Å². The molecule has 1 aliphatic rings. The molecule has 1 N–H and O–H groups in total. The van der Waals surface area contributed by atoms with Crippen molar-refractivity contribution < 1.29 is 9.53 Å². The zero-order valence-corrected chi connectivity index (χ0v) is 7.41. The van der Waals surface area contributed by atoms with Crippen LogP contribution in [0.15, 0.2) is 6.20 Å². The largest absolute Gasteiger partial charge is 0.453 e. The Balaban J connectivity index is 2.13. The summed E-state index contributed by atoms with van der Waals surface area (Å²) in [6, 6.07) is 0. The van der Waals surface area contributed by atoms with Crippen LogP contribution in [0.25, 0.3) is 0 Å². The number of nitrogens with one attached hydrogen (secondary N) is 1. The molecule has 0 spiro atoms. The first-order valence-corrected chi connectivity index (χ1v) is 4.15. The minimum Gasteiger partial charge on any atom is -0.453 e. The van der Waals surface area contributed by atoms with Gasteiger partial charge in [0, 0.05) is 6.54 Å². The Morgan fingerprint density at radius 2 is 2.62 bits per heavy atom. The van der Waals surface area contributed by atoms with Gasteiger partial charge in [-0.15, -0.1) is 0 Å². The van der Waals surface area contributed by atoms with E-state index in [9.17, 15) is 4.79 Å². The molecule has 0 aliphatic carbocycles. The highest BCUT2D eigenvalue weighted by molar-refractivity contribution is 5.67. The Kier molecular flexibility index (Phi) is 1.92. The SMILES string of the molecule is COC(=O)N1CCc2cn[nH]c2C1. The highest BCUT2D eigenvalue weighted by Gasteiger charge is 2.21. The molecule has 70 valence electrons. The monoisotopic (exact) mass is 181 g/mol. The van der Waals surface area contributed by atoms with Crippen molar-refractivity contribution in [2.75, 3.05) is 13.7 Å². The fourth-order valence-corrected chi connectivity index (χ4v) is 1.50. The van der Waals surface area contributed by atoms with Crippen LogP contribution in [0.4, 0.5) is 4.79 Å². The smallest absolute Gasteiger partial charge is 0.409 e. The number of fused-ring (bicyclic) bond motifs is 1. The molecule has 0 saturated carbocycles. The first-order valence-electron chi connectivity index (χ1n) is 4.15.